The van der Waals surface area contributed by atoms with Crippen LogP contribution in [-0.2, 0) is 9.59 Å². The molecule has 1 aliphatic rings. The third kappa shape index (κ3) is 5.45. The number of piperidine rings is 1. The Morgan fingerprint density at radius 1 is 1.14 bits per heavy atom. The zero-order valence-electron chi connectivity index (χ0n) is 16.1. The predicted molar refractivity (Wildman–Crippen MR) is 108 cm³/mol. The van der Waals surface area contributed by atoms with Crippen LogP contribution in [0.2, 0.25) is 0 Å². The van der Waals surface area contributed by atoms with E-state index >= 15 is 0 Å². The molecule has 2 aromatic rings. The number of nitrogens with one attached hydrogen (secondary N) is 2. The molecule has 0 aliphatic carbocycles. The largest absolute Gasteiger partial charge is 0.494 e. The Bertz CT molecular complexity index is 772. The smallest absolute Gasteiger partial charge is 0.313 e. The molecule has 1 aliphatic heterocycles. The summed E-state index contributed by atoms with van der Waals surface area (Å²) in [6, 6.07) is 10.9. The number of carbonyl (C=O) groups is 2. The highest BCUT2D eigenvalue weighted by atomic mass is 16.5. The summed E-state index contributed by atoms with van der Waals surface area (Å²) in [4.78, 5) is 30.6. The number of benzene rings is 1. The minimum atomic E-state index is -0.656. The van der Waals surface area contributed by atoms with E-state index in [1.54, 1.807) is 30.5 Å². The van der Waals surface area contributed by atoms with E-state index < -0.39 is 11.8 Å². The summed E-state index contributed by atoms with van der Waals surface area (Å²) >= 11 is 0. The molecule has 2 amide bonds. The Kier molecular flexibility index (Phi) is 6.84. The molecular formula is C21H26N4O3. The van der Waals surface area contributed by atoms with Crippen molar-refractivity contribution in [2.45, 2.75) is 19.8 Å². The van der Waals surface area contributed by atoms with Crippen molar-refractivity contribution in [3.63, 3.8) is 0 Å². The summed E-state index contributed by atoms with van der Waals surface area (Å²) in [5.74, 6) is -0.168. The zero-order valence-corrected chi connectivity index (χ0v) is 16.1. The van der Waals surface area contributed by atoms with Crippen LogP contribution in [0.15, 0.2) is 48.8 Å². The third-order valence-electron chi connectivity index (χ3n) is 4.81. The maximum atomic E-state index is 12.1. The van der Waals surface area contributed by atoms with Gasteiger partial charge < -0.3 is 20.3 Å². The fourth-order valence-corrected chi connectivity index (χ4v) is 3.24. The molecule has 0 radical (unpaired) electrons. The van der Waals surface area contributed by atoms with Crippen molar-refractivity contribution in [3.05, 3.63) is 48.8 Å². The van der Waals surface area contributed by atoms with E-state index in [1.165, 1.54) is 0 Å². The third-order valence-corrected chi connectivity index (χ3v) is 4.81. The Labute approximate surface area is 165 Å². The molecule has 1 aromatic heterocycles. The van der Waals surface area contributed by atoms with Crippen molar-refractivity contribution in [1.82, 2.24) is 10.3 Å². The lowest BCUT2D eigenvalue weighted by molar-refractivity contribution is -0.136. The number of carbonyl (C=O) groups excluding carboxylic acids is 2. The second-order valence-corrected chi connectivity index (χ2v) is 6.76. The topological polar surface area (TPSA) is 83.6 Å². The van der Waals surface area contributed by atoms with E-state index in [1.807, 2.05) is 19.2 Å². The average molecular weight is 382 g/mol. The molecule has 28 heavy (non-hydrogen) atoms. The number of hydrogen-bond acceptors (Lipinski definition) is 5. The van der Waals surface area contributed by atoms with Gasteiger partial charge in [0, 0.05) is 31.5 Å². The summed E-state index contributed by atoms with van der Waals surface area (Å²) in [6.07, 6.45) is 5.57. The lowest BCUT2D eigenvalue weighted by Gasteiger charge is -2.33. The predicted octanol–water partition coefficient (Wildman–Crippen LogP) is 2.45. The molecule has 0 spiro atoms. The second kappa shape index (κ2) is 9.73. The first-order chi connectivity index (χ1) is 13.7. The van der Waals surface area contributed by atoms with Crippen LogP contribution in [-0.4, -0.2) is 43.0 Å². The van der Waals surface area contributed by atoms with Gasteiger partial charge in [-0.3, -0.25) is 14.6 Å². The minimum absolute atomic E-state index is 0.371. The van der Waals surface area contributed by atoms with Crippen LogP contribution in [0.5, 0.6) is 5.75 Å². The highest BCUT2D eigenvalue weighted by Crippen LogP contribution is 2.22. The van der Waals surface area contributed by atoms with Gasteiger partial charge in [-0.1, -0.05) is 0 Å². The lowest BCUT2D eigenvalue weighted by Crippen LogP contribution is -2.41. The molecule has 1 fully saturated rings. The van der Waals surface area contributed by atoms with Crippen LogP contribution in [0.3, 0.4) is 0 Å². The van der Waals surface area contributed by atoms with Crippen LogP contribution < -0.4 is 20.3 Å². The van der Waals surface area contributed by atoms with Crippen LogP contribution >= 0.6 is 0 Å². The second-order valence-electron chi connectivity index (χ2n) is 6.76. The molecule has 7 nitrogen and oxygen atoms in total. The number of rotatable bonds is 6. The molecule has 1 saturated heterocycles. The fourth-order valence-electron chi connectivity index (χ4n) is 3.24. The number of ether oxygens (including phenoxy) is 1. The van der Waals surface area contributed by atoms with Gasteiger partial charge in [-0.15, -0.1) is 0 Å². The molecule has 0 saturated carbocycles. The van der Waals surface area contributed by atoms with Crippen LogP contribution in [0.4, 0.5) is 11.4 Å². The van der Waals surface area contributed by atoms with E-state index in [0.717, 1.165) is 37.4 Å². The van der Waals surface area contributed by atoms with E-state index in [0.29, 0.717) is 24.8 Å². The highest BCUT2D eigenvalue weighted by Gasteiger charge is 2.21. The number of hydrogen-bond donors (Lipinski definition) is 2. The molecule has 0 unspecified atom stereocenters. The van der Waals surface area contributed by atoms with E-state index in [-0.39, 0.29) is 0 Å². The van der Waals surface area contributed by atoms with Gasteiger partial charge in [0.2, 0.25) is 0 Å². The Morgan fingerprint density at radius 2 is 1.89 bits per heavy atom. The molecule has 3 rings (SSSR count). The van der Waals surface area contributed by atoms with Crippen molar-refractivity contribution in [2.24, 2.45) is 5.92 Å². The Hall–Kier alpha value is -3.09. The van der Waals surface area contributed by atoms with Crippen molar-refractivity contribution in [2.75, 3.05) is 36.5 Å². The normalized spacial score (nSPS) is 14.4. The van der Waals surface area contributed by atoms with E-state index in [4.69, 9.17) is 4.74 Å². The van der Waals surface area contributed by atoms with Gasteiger partial charge in [0.25, 0.3) is 0 Å². The monoisotopic (exact) mass is 382 g/mol. The number of pyridine rings is 1. The maximum Gasteiger partial charge on any atom is 0.313 e. The lowest BCUT2D eigenvalue weighted by atomic mass is 9.96. The Morgan fingerprint density at radius 3 is 2.54 bits per heavy atom. The molecule has 2 heterocycles. The van der Waals surface area contributed by atoms with E-state index in [9.17, 15) is 9.59 Å². The highest BCUT2D eigenvalue weighted by molar-refractivity contribution is 6.39. The molecule has 1 aromatic carbocycles. The van der Waals surface area contributed by atoms with Gasteiger partial charge in [0.1, 0.15) is 5.75 Å². The maximum absolute atomic E-state index is 12.1. The van der Waals surface area contributed by atoms with Gasteiger partial charge in [0.05, 0.1) is 18.5 Å². The van der Waals surface area contributed by atoms with Gasteiger partial charge in [-0.05, 0) is 62.1 Å². The van der Waals surface area contributed by atoms with Gasteiger partial charge >= 0.3 is 11.8 Å². The number of amides is 2. The summed E-state index contributed by atoms with van der Waals surface area (Å²) in [7, 11) is 0. The number of aromatic nitrogens is 1. The van der Waals surface area contributed by atoms with Crippen molar-refractivity contribution >= 4 is 23.2 Å². The summed E-state index contributed by atoms with van der Waals surface area (Å²) in [5, 5.41) is 5.36. The van der Waals surface area contributed by atoms with Crippen molar-refractivity contribution in [1.29, 1.82) is 0 Å². The number of anilines is 2. The van der Waals surface area contributed by atoms with Crippen molar-refractivity contribution in [3.8, 4) is 5.75 Å². The molecule has 148 valence electrons. The Balaban J connectivity index is 1.40. The van der Waals surface area contributed by atoms with Crippen LogP contribution in [0.1, 0.15) is 19.8 Å². The van der Waals surface area contributed by atoms with Gasteiger partial charge in [-0.2, -0.15) is 0 Å². The van der Waals surface area contributed by atoms with Gasteiger partial charge in [-0.25, -0.2) is 0 Å². The standard InChI is InChI=1S/C21H26N4O3/c1-2-28-19-7-5-17(6-8-19)24-21(27)20(26)23-14-16-9-12-25(13-10-16)18-4-3-11-22-15-18/h3-8,11,15-16H,2,9-10,12-14H2,1H3,(H,23,26)(H,24,27). The minimum Gasteiger partial charge on any atom is -0.494 e. The molecule has 2 N–H and O–H groups in total. The summed E-state index contributed by atoms with van der Waals surface area (Å²) in [6.45, 7) is 4.84. The molecular weight excluding hydrogens is 356 g/mol. The first-order valence-electron chi connectivity index (χ1n) is 9.62. The van der Waals surface area contributed by atoms with Gasteiger partial charge in [0.15, 0.2) is 0 Å². The first kappa shape index (κ1) is 19.7. The average Bonchev–Trinajstić information content (AvgIpc) is 2.74. The summed E-state index contributed by atoms with van der Waals surface area (Å²) in [5.41, 5.74) is 1.69. The molecule has 0 atom stereocenters. The quantitative estimate of drug-likeness (QED) is 0.750. The fraction of sp³-hybridized carbons (Fsp3) is 0.381. The number of nitrogens with zero attached hydrogens (tertiary/aromatic N) is 2. The van der Waals surface area contributed by atoms with Crippen molar-refractivity contribution < 1.29 is 14.3 Å². The summed E-state index contributed by atoms with van der Waals surface area (Å²) < 4.78 is 5.36. The van der Waals surface area contributed by atoms with Crippen LogP contribution in [0, 0.1) is 5.92 Å². The molecule has 0 bridgehead atoms. The molecule has 7 heteroatoms. The zero-order chi connectivity index (χ0) is 19.8. The van der Waals surface area contributed by atoms with Crippen LogP contribution in [0.25, 0.3) is 0 Å². The van der Waals surface area contributed by atoms with E-state index in [2.05, 4.69) is 26.6 Å². The SMILES string of the molecule is CCOc1ccc(NC(=O)C(=O)NCC2CCN(c3cccnc3)CC2)cc1. The first-order valence-corrected chi connectivity index (χ1v) is 9.62.